The molecule has 1 amide bonds. The Morgan fingerprint density at radius 3 is 2.19 bits per heavy atom. The van der Waals surface area contributed by atoms with Crippen molar-refractivity contribution in [3.05, 3.63) is 63.6 Å². The molecule has 1 unspecified atom stereocenters. The summed E-state index contributed by atoms with van der Waals surface area (Å²) < 4.78 is 40.6. The quantitative estimate of drug-likeness (QED) is 0.389. The molecule has 0 heterocycles. The second kappa shape index (κ2) is 11.1. The van der Waals surface area contributed by atoms with Gasteiger partial charge in [0, 0.05) is 5.02 Å². The summed E-state index contributed by atoms with van der Waals surface area (Å²) in [6, 6.07) is 10.3. The Bertz CT molecular complexity index is 948. The van der Waals surface area contributed by atoms with Crippen LogP contribution in [0.3, 0.4) is 0 Å². The largest absolute Gasteiger partial charge is 0.481 e. The molecule has 0 aliphatic rings. The number of halogens is 5. The van der Waals surface area contributed by atoms with Gasteiger partial charge >= 0.3 is 12.1 Å². The molecule has 0 fully saturated rings. The molecule has 0 aliphatic heterocycles. The van der Waals surface area contributed by atoms with E-state index >= 15 is 0 Å². The Morgan fingerprint density at radius 2 is 1.66 bits per heavy atom. The summed E-state index contributed by atoms with van der Waals surface area (Å²) in [5.74, 6) is -5.65. The lowest BCUT2D eigenvalue weighted by molar-refractivity contribution is -0.178. The van der Waals surface area contributed by atoms with E-state index in [9.17, 15) is 27.9 Å². The number of anilines is 1. The molecular weight excluding hydrogens is 466 g/mol. The lowest BCUT2D eigenvalue weighted by Crippen LogP contribution is -2.34. The first-order chi connectivity index (χ1) is 14.9. The van der Waals surface area contributed by atoms with Crippen molar-refractivity contribution in [2.24, 2.45) is 5.92 Å². The number of carbonyl (C=O) groups is 2. The van der Waals surface area contributed by atoms with Crippen LogP contribution in [0, 0.1) is 5.92 Å². The van der Waals surface area contributed by atoms with Crippen molar-refractivity contribution in [3.8, 4) is 0 Å². The molecule has 0 spiro atoms. The predicted octanol–water partition coefficient (Wildman–Crippen LogP) is 7.27. The lowest BCUT2D eigenvalue weighted by atomic mass is 9.85. The molecule has 32 heavy (non-hydrogen) atoms. The van der Waals surface area contributed by atoms with Crippen LogP contribution in [0.25, 0.3) is 0 Å². The molecule has 3 atom stereocenters. The van der Waals surface area contributed by atoms with E-state index in [2.05, 4.69) is 5.32 Å². The zero-order valence-electron chi connectivity index (χ0n) is 17.5. The third-order valence-electron chi connectivity index (χ3n) is 5.31. The van der Waals surface area contributed by atoms with Crippen LogP contribution < -0.4 is 5.32 Å². The van der Waals surface area contributed by atoms with Crippen LogP contribution in [0.15, 0.2) is 42.5 Å². The molecule has 2 aromatic carbocycles. The van der Waals surface area contributed by atoms with Crippen LogP contribution in [0.5, 0.6) is 0 Å². The third kappa shape index (κ3) is 6.87. The summed E-state index contributed by atoms with van der Waals surface area (Å²) in [5.41, 5.74) is 0.939. The van der Waals surface area contributed by atoms with Gasteiger partial charge in [-0.05, 0) is 47.7 Å². The van der Waals surface area contributed by atoms with Gasteiger partial charge in [0.05, 0.1) is 29.0 Å². The zero-order chi connectivity index (χ0) is 24.1. The number of carboxylic acid groups (broad SMARTS) is 1. The molecule has 4 nitrogen and oxygen atoms in total. The van der Waals surface area contributed by atoms with Crippen LogP contribution in [-0.4, -0.2) is 23.2 Å². The highest BCUT2D eigenvalue weighted by Crippen LogP contribution is 2.39. The Hall–Kier alpha value is -2.25. The van der Waals surface area contributed by atoms with Crippen molar-refractivity contribution < 1.29 is 27.9 Å². The minimum absolute atomic E-state index is 0.110. The van der Waals surface area contributed by atoms with Crippen LogP contribution in [0.4, 0.5) is 18.9 Å². The van der Waals surface area contributed by atoms with Gasteiger partial charge in [0.15, 0.2) is 0 Å². The molecule has 2 N–H and O–H groups in total. The molecule has 0 aliphatic carbocycles. The van der Waals surface area contributed by atoms with E-state index in [-0.39, 0.29) is 28.6 Å². The highest BCUT2D eigenvalue weighted by molar-refractivity contribution is 6.33. The van der Waals surface area contributed by atoms with Crippen LogP contribution in [0.1, 0.15) is 56.1 Å². The highest BCUT2D eigenvalue weighted by atomic mass is 35.5. The Balaban J connectivity index is 2.40. The Labute approximate surface area is 194 Å². The fraction of sp³-hybridized carbons (Fsp3) is 0.391. The number of aliphatic carboxylic acids is 1. The molecule has 0 radical (unpaired) electrons. The SMILES string of the molecule is CCC[C@H](CC(=O)O)c1ccc(Cl)c(NC(=O)[C@H](c2ccc(Cl)cc2)C(C)C(F)(F)F)c1. The topological polar surface area (TPSA) is 66.4 Å². The monoisotopic (exact) mass is 489 g/mol. The maximum absolute atomic E-state index is 13.5. The molecule has 2 aromatic rings. The number of benzene rings is 2. The number of hydrogen-bond acceptors (Lipinski definition) is 2. The molecule has 9 heteroatoms. The van der Waals surface area contributed by atoms with E-state index in [1.807, 2.05) is 6.92 Å². The minimum Gasteiger partial charge on any atom is -0.481 e. The summed E-state index contributed by atoms with van der Waals surface area (Å²) in [7, 11) is 0. The van der Waals surface area contributed by atoms with Gasteiger partial charge in [0.25, 0.3) is 0 Å². The van der Waals surface area contributed by atoms with Crippen molar-refractivity contribution in [2.75, 3.05) is 5.32 Å². The average Bonchev–Trinajstić information content (AvgIpc) is 2.70. The molecule has 2 rings (SSSR count). The first-order valence-corrected chi connectivity index (χ1v) is 10.8. The summed E-state index contributed by atoms with van der Waals surface area (Å²) in [4.78, 5) is 24.2. The first-order valence-electron chi connectivity index (χ1n) is 10.1. The molecule has 0 saturated carbocycles. The minimum atomic E-state index is -4.61. The number of hydrogen-bond donors (Lipinski definition) is 2. The van der Waals surface area contributed by atoms with E-state index in [0.717, 1.165) is 13.3 Å². The summed E-state index contributed by atoms with van der Waals surface area (Å²) in [5, 5.41) is 12.2. The second-order valence-electron chi connectivity index (χ2n) is 7.67. The maximum Gasteiger partial charge on any atom is 0.392 e. The molecule has 0 saturated heterocycles. The third-order valence-corrected chi connectivity index (χ3v) is 5.89. The van der Waals surface area contributed by atoms with Crippen molar-refractivity contribution in [1.29, 1.82) is 0 Å². The molecule has 0 aromatic heterocycles. The summed E-state index contributed by atoms with van der Waals surface area (Å²) in [6.07, 6.45) is -3.38. The second-order valence-corrected chi connectivity index (χ2v) is 8.52. The summed E-state index contributed by atoms with van der Waals surface area (Å²) in [6.45, 7) is 2.86. The van der Waals surface area contributed by atoms with Gasteiger partial charge in [-0.1, -0.05) is 61.7 Å². The van der Waals surface area contributed by atoms with Crippen molar-refractivity contribution in [3.63, 3.8) is 0 Å². The molecular formula is C23H24Cl2F3NO3. The fourth-order valence-corrected chi connectivity index (χ4v) is 3.87. The number of amides is 1. The van der Waals surface area contributed by atoms with E-state index in [1.54, 1.807) is 6.07 Å². The number of alkyl halides is 3. The van der Waals surface area contributed by atoms with E-state index in [0.29, 0.717) is 17.0 Å². The van der Waals surface area contributed by atoms with Crippen molar-refractivity contribution >= 4 is 40.8 Å². The fourth-order valence-electron chi connectivity index (χ4n) is 3.58. The number of carbonyl (C=O) groups excluding carboxylic acids is 1. The van der Waals surface area contributed by atoms with E-state index < -0.39 is 29.9 Å². The maximum atomic E-state index is 13.5. The van der Waals surface area contributed by atoms with Gasteiger partial charge in [-0.25, -0.2) is 0 Å². The van der Waals surface area contributed by atoms with Gasteiger partial charge in [-0.3, -0.25) is 9.59 Å². The summed E-state index contributed by atoms with van der Waals surface area (Å²) >= 11 is 12.0. The van der Waals surface area contributed by atoms with Crippen LogP contribution in [-0.2, 0) is 9.59 Å². The molecule has 174 valence electrons. The number of carboxylic acids is 1. The lowest BCUT2D eigenvalue weighted by Gasteiger charge is -2.26. The predicted molar refractivity (Wildman–Crippen MR) is 119 cm³/mol. The van der Waals surface area contributed by atoms with Gasteiger partial charge in [0.2, 0.25) is 5.91 Å². The average molecular weight is 490 g/mol. The standard InChI is InChI=1S/C23H24Cl2F3NO3/c1-3-4-15(12-20(30)31)16-7-10-18(25)19(11-16)29-22(32)21(13(2)23(26,27)28)14-5-8-17(24)9-6-14/h5-11,13,15,21H,3-4,12H2,1-2H3,(H,29,32)(H,30,31)/t13?,15-,21+/m1/s1. The van der Waals surface area contributed by atoms with Gasteiger partial charge in [-0.15, -0.1) is 0 Å². The van der Waals surface area contributed by atoms with Gasteiger partial charge in [0.1, 0.15) is 0 Å². The van der Waals surface area contributed by atoms with Crippen LogP contribution >= 0.6 is 23.2 Å². The smallest absolute Gasteiger partial charge is 0.392 e. The van der Waals surface area contributed by atoms with Crippen LogP contribution in [0.2, 0.25) is 10.0 Å². The zero-order valence-corrected chi connectivity index (χ0v) is 19.1. The Kier molecular flexibility index (Phi) is 8.98. The highest BCUT2D eigenvalue weighted by Gasteiger charge is 2.45. The van der Waals surface area contributed by atoms with E-state index in [4.69, 9.17) is 23.2 Å². The number of nitrogens with one attached hydrogen (secondary N) is 1. The Morgan fingerprint density at radius 1 is 1.06 bits per heavy atom. The normalized spacial score (nSPS) is 14.5. The molecule has 0 bridgehead atoms. The number of rotatable bonds is 9. The first kappa shape index (κ1) is 26.0. The van der Waals surface area contributed by atoms with Crippen molar-refractivity contribution in [2.45, 2.75) is 51.1 Å². The van der Waals surface area contributed by atoms with Crippen molar-refractivity contribution in [1.82, 2.24) is 0 Å². The van der Waals surface area contributed by atoms with Gasteiger partial charge < -0.3 is 10.4 Å². The van der Waals surface area contributed by atoms with E-state index in [1.165, 1.54) is 36.4 Å². The van der Waals surface area contributed by atoms with Gasteiger partial charge in [-0.2, -0.15) is 13.2 Å².